The van der Waals surface area contributed by atoms with Crippen LogP contribution in [0.25, 0.3) is 0 Å². The summed E-state index contributed by atoms with van der Waals surface area (Å²) in [4.78, 5) is 16.2. The topological polar surface area (TPSA) is 51.2 Å². The van der Waals surface area contributed by atoms with E-state index in [4.69, 9.17) is 4.74 Å². The molecular weight excluding hydrogens is 308 g/mol. The van der Waals surface area contributed by atoms with Gasteiger partial charge in [-0.1, -0.05) is 15.9 Å². The number of pyridine rings is 1. The van der Waals surface area contributed by atoms with E-state index in [1.54, 1.807) is 18.3 Å². The van der Waals surface area contributed by atoms with Crippen molar-refractivity contribution in [2.24, 2.45) is 0 Å². The van der Waals surface area contributed by atoms with Crippen molar-refractivity contribution in [2.45, 2.75) is 6.42 Å². The Morgan fingerprint density at radius 2 is 2.21 bits per heavy atom. The normalized spacial score (nSPS) is 12.7. The molecule has 0 fully saturated rings. The molecule has 0 saturated heterocycles. The maximum atomic E-state index is 12.1. The van der Waals surface area contributed by atoms with E-state index in [1.165, 1.54) is 0 Å². The van der Waals surface area contributed by atoms with Crippen LogP contribution in [0.3, 0.4) is 0 Å². The number of anilines is 1. The highest BCUT2D eigenvalue weighted by Gasteiger charge is 2.15. The summed E-state index contributed by atoms with van der Waals surface area (Å²) in [5, 5.41) is 2.77. The van der Waals surface area contributed by atoms with Gasteiger partial charge in [-0.2, -0.15) is 0 Å². The summed E-state index contributed by atoms with van der Waals surface area (Å²) in [6.07, 6.45) is 2.49. The highest BCUT2D eigenvalue weighted by atomic mass is 79.9. The van der Waals surface area contributed by atoms with E-state index in [1.807, 2.05) is 18.2 Å². The first-order chi connectivity index (χ1) is 9.22. The Kier molecular flexibility index (Phi) is 3.21. The van der Waals surface area contributed by atoms with E-state index in [0.29, 0.717) is 18.0 Å². The third-order valence-electron chi connectivity index (χ3n) is 2.92. The monoisotopic (exact) mass is 318 g/mol. The van der Waals surface area contributed by atoms with Gasteiger partial charge in [0.2, 0.25) is 0 Å². The van der Waals surface area contributed by atoms with Crippen LogP contribution < -0.4 is 10.1 Å². The quantitative estimate of drug-likeness (QED) is 0.926. The van der Waals surface area contributed by atoms with Crippen LogP contribution in [0.4, 0.5) is 5.82 Å². The highest BCUT2D eigenvalue weighted by molar-refractivity contribution is 9.10. The summed E-state index contributed by atoms with van der Waals surface area (Å²) in [7, 11) is 0. The first-order valence-corrected chi connectivity index (χ1v) is 6.70. The van der Waals surface area contributed by atoms with Gasteiger partial charge in [-0.05, 0) is 35.9 Å². The molecule has 1 N–H and O–H groups in total. The predicted octanol–water partition coefficient (Wildman–Crippen LogP) is 3.03. The van der Waals surface area contributed by atoms with Gasteiger partial charge < -0.3 is 10.1 Å². The molecule has 0 radical (unpaired) electrons. The average Bonchev–Trinajstić information content (AvgIpc) is 2.85. The van der Waals surface area contributed by atoms with Crippen molar-refractivity contribution in [2.75, 3.05) is 11.9 Å². The number of fused-ring (bicyclic) bond motifs is 1. The lowest BCUT2D eigenvalue weighted by atomic mass is 10.1. The number of carbonyl (C=O) groups is 1. The smallest absolute Gasteiger partial charge is 0.256 e. The molecule has 0 bridgehead atoms. The van der Waals surface area contributed by atoms with Crippen molar-refractivity contribution in [3.8, 4) is 5.75 Å². The molecule has 1 aliphatic rings. The zero-order valence-electron chi connectivity index (χ0n) is 10.0. The number of carbonyl (C=O) groups excluding carboxylic acids is 1. The van der Waals surface area contributed by atoms with Crippen molar-refractivity contribution in [1.82, 2.24) is 4.98 Å². The van der Waals surface area contributed by atoms with Gasteiger partial charge in [0.1, 0.15) is 11.6 Å². The summed E-state index contributed by atoms with van der Waals surface area (Å²) in [6.45, 7) is 0.688. The number of benzene rings is 1. The molecule has 0 spiro atoms. The van der Waals surface area contributed by atoms with E-state index in [-0.39, 0.29) is 5.91 Å². The van der Waals surface area contributed by atoms with Crippen molar-refractivity contribution in [3.05, 3.63) is 52.1 Å². The van der Waals surface area contributed by atoms with Crippen molar-refractivity contribution in [1.29, 1.82) is 0 Å². The molecule has 5 heteroatoms. The van der Waals surface area contributed by atoms with Gasteiger partial charge in [-0.15, -0.1) is 0 Å². The fourth-order valence-electron chi connectivity index (χ4n) is 1.99. The fraction of sp³-hybridized carbons (Fsp3) is 0.143. The average molecular weight is 319 g/mol. The highest BCUT2D eigenvalue weighted by Crippen LogP contribution is 2.26. The molecule has 19 heavy (non-hydrogen) atoms. The number of nitrogens with zero attached hydrogens (tertiary/aromatic N) is 1. The van der Waals surface area contributed by atoms with Gasteiger partial charge >= 0.3 is 0 Å². The van der Waals surface area contributed by atoms with Gasteiger partial charge in [0.25, 0.3) is 5.91 Å². The molecule has 0 aliphatic carbocycles. The first-order valence-electron chi connectivity index (χ1n) is 5.91. The first kappa shape index (κ1) is 12.2. The lowest BCUT2D eigenvalue weighted by Gasteiger charge is -2.06. The Hall–Kier alpha value is -1.88. The maximum Gasteiger partial charge on any atom is 0.256 e. The second-order valence-corrected chi connectivity index (χ2v) is 5.15. The Balaban J connectivity index is 1.81. The molecule has 96 valence electrons. The third-order valence-corrected chi connectivity index (χ3v) is 3.41. The fourth-order valence-corrected chi connectivity index (χ4v) is 2.32. The molecule has 1 amide bonds. The number of aromatic nitrogens is 1. The Morgan fingerprint density at radius 1 is 1.32 bits per heavy atom. The summed E-state index contributed by atoms with van der Waals surface area (Å²) in [5.74, 6) is 1.23. The molecule has 0 unspecified atom stereocenters. The van der Waals surface area contributed by atoms with Gasteiger partial charge in [0.05, 0.1) is 6.61 Å². The van der Waals surface area contributed by atoms with Crippen LogP contribution in [-0.4, -0.2) is 17.5 Å². The van der Waals surface area contributed by atoms with Crippen molar-refractivity contribution in [3.63, 3.8) is 0 Å². The molecule has 1 aromatic heterocycles. The van der Waals surface area contributed by atoms with E-state index in [2.05, 4.69) is 26.2 Å². The molecule has 1 aliphatic heterocycles. The van der Waals surface area contributed by atoms with Crippen LogP contribution in [0.2, 0.25) is 0 Å². The van der Waals surface area contributed by atoms with E-state index in [9.17, 15) is 4.79 Å². The predicted molar refractivity (Wildman–Crippen MR) is 75.5 cm³/mol. The zero-order valence-corrected chi connectivity index (χ0v) is 11.6. The van der Waals surface area contributed by atoms with Crippen LogP contribution >= 0.6 is 15.9 Å². The molecule has 2 aromatic rings. The number of rotatable bonds is 2. The molecule has 3 rings (SSSR count). The van der Waals surface area contributed by atoms with E-state index < -0.39 is 0 Å². The van der Waals surface area contributed by atoms with Gasteiger partial charge in [-0.3, -0.25) is 4.79 Å². The minimum atomic E-state index is -0.166. The Morgan fingerprint density at radius 3 is 3.05 bits per heavy atom. The largest absolute Gasteiger partial charge is 0.493 e. The zero-order chi connectivity index (χ0) is 13.2. The summed E-state index contributed by atoms with van der Waals surface area (Å²) in [5.41, 5.74) is 1.70. The minimum absolute atomic E-state index is 0.166. The van der Waals surface area contributed by atoms with Crippen molar-refractivity contribution >= 4 is 27.7 Å². The van der Waals surface area contributed by atoms with E-state index in [0.717, 1.165) is 22.2 Å². The SMILES string of the molecule is O=C(Nc1cc(Br)ccn1)c1ccc2c(c1)CCO2. The van der Waals surface area contributed by atoms with E-state index >= 15 is 0 Å². The second kappa shape index (κ2) is 5.01. The number of hydrogen-bond acceptors (Lipinski definition) is 3. The lowest BCUT2D eigenvalue weighted by molar-refractivity contribution is 0.102. The minimum Gasteiger partial charge on any atom is -0.493 e. The van der Waals surface area contributed by atoms with Gasteiger partial charge in [0, 0.05) is 22.7 Å². The number of ether oxygens (including phenoxy) is 1. The number of amides is 1. The van der Waals surface area contributed by atoms with Crippen LogP contribution in [0.5, 0.6) is 5.75 Å². The molecule has 0 atom stereocenters. The Bertz CT molecular complexity index is 643. The van der Waals surface area contributed by atoms with Crippen LogP contribution in [-0.2, 0) is 6.42 Å². The van der Waals surface area contributed by atoms with Crippen LogP contribution in [0, 0.1) is 0 Å². The molecule has 0 saturated carbocycles. The lowest BCUT2D eigenvalue weighted by Crippen LogP contribution is -2.13. The Labute approximate surface area is 118 Å². The number of hydrogen-bond donors (Lipinski definition) is 1. The standard InChI is InChI=1S/C14H11BrN2O2/c15-11-3-5-16-13(8-11)17-14(18)10-1-2-12-9(7-10)4-6-19-12/h1-3,5,7-8H,4,6H2,(H,16,17,18). The van der Waals surface area contributed by atoms with Crippen molar-refractivity contribution < 1.29 is 9.53 Å². The number of halogens is 1. The van der Waals surface area contributed by atoms with Gasteiger partial charge in [-0.25, -0.2) is 4.98 Å². The summed E-state index contributed by atoms with van der Waals surface area (Å²) < 4.78 is 6.29. The second-order valence-electron chi connectivity index (χ2n) is 4.23. The van der Waals surface area contributed by atoms with Crippen LogP contribution in [0.15, 0.2) is 41.0 Å². The molecule has 1 aromatic carbocycles. The molecule has 2 heterocycles. The van der Waals surface area contributed by atoms with Gasteiger partial charge in [0.15, 0.2) is 0 Å². The van der Waals surface area contributed by atoms with Crippen LogP contribution in [0.1, 0.15) is 15.9 Å². The molecule has 4 nitrogen and oxygen atoms in total. The summed E-state index contributed by atoms with van der Waals surface area (Å²) >= 11 is 3.34. The summed E-state index contributed by atoms with van der Waals surface area (Å²) in [6, 6.07) is 9.04. The third kappa shape index (κ3) is 2.61. The molecular formula is C14H11BrN2O2. The number of nitrogens with one attached hydrogen (secondary N) is 1. The maximum absolute atomic E-state index is 12.1.